The highest BCUT2D eigenvalue weighted by atomic mass is 35.5. The maximum Gasteiger partial charge on any atom is 0.341 e. The fourth-order valence-electron chi connectivity index (χ4n) is 4.72. The zero-order chi connectivity index (χ0) is 29.1. The van der Waals surface area contributed by atoms with Crippen LogP contribution in [0.4, 0.5) is 10.1 Å². The summed E-state index contributed by atoms with van der Waals surface area (Å²) in [5.74, 6) is -1.26. The molecule has 3 aromatic heterocycles. The Morgan fingerprint density at radius 1 is 1.22 bits per heavy atom. The molecule has 4 aromatic rings. The summed E-state index contributed by atoms with van der Waals surface area (Å²) in [7, 11) is 3.84. The van der Waals surface area contributed by atoms with Crippen LogP contribution in [0.1, 0.15) is 23.2 Å². The van der Waals surface area contributed by atoms with E-state index in [1.165, 1.54) is 29.2 Å². The minimum Gasteiger partial charge on any atom is -0.477 e. The van der Waals surface area contributed by atoms with E-state index in [9.17, 15) is 14.7 Å². The highest BCUT2D eigenvalue weighted by Gasteiger charge is 2.29. The van der Waals surface area contributed by atoms with Gasteiger partial charge in [0.25, 0.3) is 0 Å². The summed E-state index contributed by atoms with van der Waals surface area (Å²) in [6.45, 7) is 1.87. The van der Waals surface area contributed by atoms with Crippen molar-refractivity contribution in [3.05, 3.63) is 75.7 Å². The van der Waals surface area contributed by atoms with Gasteiger partial charge in [-0.25, -0.2) is 24.1 Å². The topological polar surface area (TPSA) is 123 Å². The quantitative estimate of drug-likeness (QED) is 0.296. The lowest BCUT2D eigenvalue weighted by atomic mass is 10.1. The van der Waals surface area contributed by atoms with Crippen LogP contribution in [0, 0.1) is 5.82 Å². The van der Waals surface area contributed by atoms with Gasteiger partial charge in [0.15, 0.2) is 5.82 Å². The number of carboxylic acid groups (broad SMARTS) is 1. The van der Waals surface area contributed by atoms with Gasteiger partial charge >= 0.3 is 5.97 Å². The second-order valence-electron chi connectivity index (χ2n) is 9.82. The Labute approximate surface area is 239 Å². The first kappa shape index (κ1) is 28.2. The van der Waals surface area contributed by atoms with Gasteiger partial charge in [-0.2, -0.15) is 0 Å². The summed E-state index contributed by atoms with van der Waals surface area (Å²) in [4.78, 5) is 41.6. The van der Waals surface area contributed by atoms with Crippen molar-refractivity contribution in [2.45, 2.75) is 18.9 Å². The van der Waals surface area contributed by atoms with Gasteiger partial charge in [-0.3, -0.25) is 9.36 Å². The van der Waals surface area contributed by atoms with E-state index < -0.39 is 22.8 Å². The first-order valence-electron chi connectivity index (χ1n) is 12.9. The number of aromatic carboxylic acids is 1. The number of aromatic nitrogens is 4. The van der Waals surface area contributed by atoms with Crippen molar-refractivity contribution in [3.8, 4) is 17.6 Å². The van der Waals surface area contributed by atoms with Crippen molar-refractivity contribution >= 4 is 34.2 Å². The zero-order valence-electron chi connectivity index (χ0n) is 22.5. The Kier molecular flexibility index (Phi) is 8.31. The number of hydrogen-bond acceptors (Lipinski definition) is 9. The molecule has 1 fully saturated rings. The smallest absolute Gasteiger partial charge is 0.341 e. The Bertz CT molecular complexity index is 1630. The first-order chi connectivity index (χ1) is 19.7. The summed E-state index contributed by atoms with van der Waals surface area (Å²) in [5, 5.41) is 9.97. The minimum atomic E-state index is -1.43. The number of halogens is 2. The molecule has 0 spiro atoms. The number of likely N-dealkylation sites (N-methyl/N-ethyl adjacent to an activating group) is 1. The van der Waals surface area contributed by atoms with E-state index in [1.807, 2.05) is 23.9 Å². The average molecular weight is 583 g/mol. The summed E-state index contributed by atoms with van der Waals surface area (Å²) >= 11 is 6.17. The van der Waals surface area contributed by atoms with Crippen molar-refractivity contribution < 1.29 is 23.8 Å². The normalized spacial score (nSPS) is 15.0. The monoisotopic (exact) mass is 582 g/mol. The van der Waals surface area contributed by atoms with Crippen LogP contribution in [0.15, 0.2) is 53.8 Å². The number of anilines is 1. The molecule has 4 heterocycles. The number of rotatable bonds is 10. The molecule has 41 heavy (non-hydrogen) atoms. The fourth-order valence-corrected chi connectivity index (χ4v) is 4.89. The standard InChI is InChI=1S/C28H28ClFN6O5/c1-34(2)9-10-40-25-14-32-24(13-33-25)36-15-19(28(38)39)26(37)18-11-21(30)23(12-22(18)36)35-8-4-5-17(35)16-41-27-20(29)6-3-7-31-27/h3,6-7,11-15,17H,4-5,8-10,16H2,1-2H3,(H,38,39)/t17-/m1/s1. The summed E-state index contributed by atoms with van der Waals surface area (Å²) in [5.41, 5.74) is -0.774. The van der Waals surface area contributed by atoms with E-state index in [0.29, 0.717) is 36.5 Å². The third-order valence-electron chi connectivity index (χ3n) is 6.78. The van der Waals surface area contributed by atoms with E-state index in [2.05, 4.69) is 15.0 Å². The van der Waals surface area contributed by atoms with Crippen molar-refractivity contribution in [1.29, 1.82) is 0 Å². The molecule has 0 unspecified atom stereocenters. The Balaban J connectivity index is 1.52. The van der Waals surface area contributed by atoms with Crippen LogP contribution < -0.4 is 19.8 Å². The lowest BCUT2D eigenvalue weighted by Crippen LogP contribution is -2.35. The van der Waals surface area contributed by atoms with Gasteiger partial charge in [0, 0.05) is 25.5 Å². The molecule has 0 saturated carbocycles. The Morgan fingerprint density at radius 2 is 2.05 bits per heavy atom. The minimum absolute atomic E-state index is 0.0912. The Hall–Kier alpha value is -4.29. The zero-order valence-corrected chi connectivity index (χ0v) is 23.2. The Morgan fingerprint density at radius 3 is 2.76 bits per heavy atom. The molecule has 11 nitrogen and oxygen atoms in total. The molecule has 1 aromatic carbocycles. The molecule has 0 radical (unpaired) electrons. The highest BCUT2D eigenvalue weighted by molar-refractivity contribution is 6.31. The van der Waals surface area contributed by atoms with Crippen LogP contribution in [-0.2, 0) is 0 Å². The first-order valence-corrected chi connectivity index (χ1v) is 13.3. The number of carboxylic acids is 1. The number of benzene rings is 1. The number of ether oxygens (including phenoxy) is 2. The van der Waals surface area contributed by atoms with Gasteiger partial charge in [0.05, 0.1) is 35.0 Å². The molecule has 0 amide bonds. The van der Waals surface area contributed by atoms with Gasteiger partial charge in [-0.05, 0) is 51.2 Å². The van der Waals surface area contributed by atoms with Gasteiger partial charge in [-0.15, -0.1) is 0 Å². The van der Waals surface area contributed by atoms with Crippen molar-refractivity contribution in [2.24, 2.45) is 0 Å². The third kappa shape index (κ3) is 6.08. The van der Waals surface area contributed by atoms with Gasteiger partial charge in [0.1, 0.15) is 29.6 Å². The van der Waals surface area contributed by atoms with E-state index in [4.69, 9.17) is 21.1 Å². The molecule has 1 atom stereocenters. The van der Waals surface area contributed by atoms with Crippen LogP contribution in [0.25, 0.3) is 16.7 Å². The van der Waals surface area contributed by atoms with Crippen LogP contribution in [0.2, 0.25) is 5.02 Å². The molecular formula is C28H28ClFN6O5. The largest absolute Gasteiger partial charge is 0.477 e. The van der Waals surface area contributed by atoms with E-state index in [0.717, 1.165) is 18.9 Å². The SMILES string of the molecule is CN(C)CCOc1cnc(-n2cc(C(=O)O)c(=O)c3cc(F)c(N4CCC[C@@H]4COc4ncccc4Cl)cc32)cn1. The number of carbonyl (C=O) groups is 1. The molecule has 0 aliphatic carbocycles. The lowest BCUT2D eigenvalue weighted by molar-refractivity contribution is 0.0695. The van der Waals surface area contributed by atoms with Crippen molar-refractivity contribution in [2.75, 3.05) is 45.3 Å². The lowest BCUT2D eigenvalue weighted by Gasteiger charge is -2.27. The average Bonchev–Trinajstić information content (AvgIpc) is 3.41. The van der Waals surface area contributed by atoms with E-state index in [-0.39, 0.29) is 35.1 Å². The molecular weight excluding hydrogens is 555 g/mol. The third-order valence-corrected chi connectivity index (χ3v) is 7.06. The molecule has 13 heteroatoms. The fraction of sp³-hybridized carbons (Fsp3) is 0.321. The molecule has 5 rings (SSSR count). The van der Waals surface area contributed by atoms with Crippen molar-refractivity contribution in [3.63, 3.8) is 0 Å². The molecule has 1 aliphatic heterocycles. The van der Waals surface area contributed by atoms with Gasteiger partial charge in [0.2, 0.25) is 17.2 Å². The maximum absolute atomic E-state index is 15.6. The number of fused-ring (bicyclic) bond motifs is 1. The highest BCUT2D eigenvalue weighted by Crippen LogP contribution is 2.32. The van der Waals surface area contributed by atoms with E-state index >= 15 is 4.39 Å². The van der Waals surface area contributed by atoms with Gasteiger partial charge in [-0.1, -0.05) is 11.6 Å². The van der Waals surface area contributed by atoms with Crippen LogP contribution >= 0.6 is 11.6 Å². The molecule has 1 aliphatic rings. The number of pyridine rings is 2. The predicted molar refractivity (Wildman–Crippen MR) is 151 cm³/mol. The molecule has 1 saturated heterocycles. The summed E-state index contributed by atoms with van der Waals surface area (Å²) < 4.78 is 28.5. The van der Waals surface area contributed by atoms with Crippen LogP contribution in [-0.4, -0.2) is 81.9 Å². The van der Waals surface area contributed by atoms with Crippen molar-refractivity contribution in [1.82, 2.24) is 24.4 Å². The second-order valence-corrected chi connectivity index (χ2v) is 10.2. The summed E-state index contributed by atoms with van der Waals surface area (Å²) in [6, 6.07) is 5.81. The predicted octanol–water partition coefficient (Wildman–Crippen LogP) is 3.65. The molecule has 0 bridgehead atoms. The molecule has 1 N–H and O–H groups in total. The van der Waals surface area contributed by atoms with E-state index in [1.54, 1.807) is 18.3 Å². The summed E-state index contributed by atoms with van der Waals surface area (Å²) in [6.07, 6.45) is 7.12. The van der Waals surface area contributed by atoms with Gasteiger partial charge < -0.3 is 24.4 Å². The maximum atomic E-state index is 15.6. The number of nitrogens with zero attached hydrogens (tertiary/aromatic N) is 6. The second kappa shape index (κ2) is 12.1. The van der Waals surface area contributed by atoms with Crippen LogP contribution in [0.5, 0.6) is 11.8 Å². The van der Waals surface area contributed by atoms with Crippen LogP contribution in [0.3, 0.4) is 0 Å². The molecule has 214 valence electrons. The number of hydrogen-bond donors (Lipinski definition) is 1.